The Bertz CT molecular complexity index is 1090. The van der Waals surface area contributed by atoms with Gasteiger partial charge in [-0.25, -0.2) is 0 Å². The van der Waals surface area contributed by atoms with Crippen molar-refractivity contribution in [1.29, 1.82) is 5.26 Å². The van der Waals surface area contributed by atoms with Crippen molar-refractivity contribution in [3.63, 3.8) is 0 Å². The van der Waals surface area contributed by atoms with Gasteiger partial charge in [-0.1, -0.05) is 35.9 Å². The predicted octanol–water partition coefficient (Wildman–Crippen LogP) is 3.58. The SMILES string of the molecule is Cc1ccc(NC(=O)/C(C#N)=C\c2cn(CC(=O)O)c3ccccc23)cc1. The molecule has 3 rings (SSSR count). The number of carbonyl (C=O) groups excluding carboxylic acids is 1. The van der Waals surface area contributed by atoms with Crippen LogP contribution in [-0.4, -0.2) is 21.6 Å². The van der Waals surface area contributed by atoms with E-state index in [2.05, 4.69) is 5.32 Å². The summed E-state index contributed by atoms with van der Waals surface area (Å²) in [6, 6.07) is 16.4. The minimum absolute atomic E-state index is 0.0613. The molecule has 0 radical (unpaired) electrons. The second kappa shape index (κ2) is 7.58. The van der Waals surface area contributed by atoms with Gasteiger partial charge in [0.15, 0.2) is 0 Å². The number of nitriles is 1. The van der Waals surface area contributed by atoms with Crippen molar-refractivity contribution in [1.82, 2.24) is 4.57 Å². The molecule has 0 atom stereocenters. The molecule has 0 fully saturated rings. The largest absolute Gasteiger partial charge is 0.480 e. The number of para-hydroxylation sites is 1. The number of carbonyl (C=O) groups is 2. The van der Waals surface area contributed by atoms with Crippen LogP contribution in [0.4, 0.5) is 5.69 Å². The lowest BCUT2D eigenvalue weighted by Crippen LogP contribution is -2.13. The molecule has 0 aliphatic carbocycles. The lowest BCUT2D eigenvalue weighted by atomic mass is 10.1. The van der Waals surface area contributed by atoms with Gasteiger partial charge in [0.05, 0.1) is 0 Å². The number of carboxylic acid groups (broad SMARTS) is 1. The summed E-state index contributed by atoms with van der Waals surface area (Å²) < 4.78 is 1.58. The molecule has 27 heavy (non-hydrogen) atoms. The van der Waals surface area contributed by atoms with Crippen LogP contribution >= 0.6 is 0 Å². The quantitative estimate of drug-likeness (QED) is 0.538. The van der Waals surface area contributed by atoms with Crippen molar-refractivity contribution in [2.45, 2.75) is 13.5 Å². The molecule has 134 valence electrons. The van der Waals surface area contributed by atoms with Crippen molar-refractivity contribution >= 4 is 34.5 Å². The van der Waals surface area contributed by atoms with Gasteiger partial charge in [-0.15, -0.1) is 0 Å². The normalized spacial score (nSPS) is 11.2. The second-order valence-corrected chi connectivity index (χ2v) is 6.11. The summed E-state index contributed by atoms with van der Waals surface area (Å²) in [5.41, 5.74) is 2.94. The lowest BCUT2D eigenvalue weighted by Gasteiger charge is -2.04. The van der Waals surface area contributed by atoms with Crippen LogP contribution in [0, 0.1) is 18.3 Å². The minimum Gasteiger partial charge on any atom is -0.480 e. The highest BCUT2D eigenvalue weighted by atomic mass is 16.4. The van der Waals surface area contributed by atoms with Crippen LogP contribution in [0.25, 0.3) is 17.0 Å². The third-order valence-electron chi connectivity index (χ3n) is 4.10. The maximum atomic E-state index is 12.5. The molecule has 0 bridgehead atoms. The van der Waals surface area contributed by atoms with E-state index in [0.717, 1.165) is 16.5 Å². The van der Waals surface area contributed by atoms with Gasteiger partial charge in [-0.05, 0) is 31.2 Å². The molecular formula is C21H17N3O3. The molecule has 0 unspecified atom stereocenters. The fourth-order valence-corrected chi connectivity index (χ4v) is 2.81. The Morgan fingerprint density at radius 3 is 2.56 bits per heavy atom. The van der Waals surface area contributed by atoms with Crippen LogP contribution in [0.2, 0.25) is 0 Å². The number of amides is 1. The summed E-state index contributed by atoms with van der Waals surface area (Å²) in [5, 5.41) is 22.0. The van der Waals surface area contributed by atoms with E-state index in [1.54, 1.807) is 29.0 Å². The number of nitrogens with one attached hydrogen (secondary N) is 1. The standard InChI is InChI=1S/C21H17N3O3/c1-14-6-8-17(9-7-14)23-21(27)15(11-22)10-16-12-24(13-20(25)26)19-5-3-2-4-18(16)19/h2-10,12H,13H2,1H3,(H,23,27)(H,25,26)/b15-10-. The first-order valence-corrected chi connectivity index (χ1v) is 8.27. The van der Waals surface area contributed by atoms with Gasteiger partial charge in [0, 0.05) is 28.4 Å². The van der Waals surface area contributed by atoms with Crippen molar-refractivity contribution < 1.29 is 14.7 Å². The van der Waals surface area contributed by atoms with E-state index in [-0.39, 0.29) is 12.1 Å². The van der Waals surface area contributed by atoms with E-state index < -0.39 is 11.9 Å². The maximum Gasteiger partial charge on any atom is 0.323 e. The van der Waals surface area contributed by atoms with Gasteiger partial charge in [0.1, 0.15) is 18.2 Å². The summed E-state index contributed by atoms with van der Waals surface area (Å²) in [6.07, 6.45) is 3.11. The van der Waals surface area contributed by atoms with Gasteiger partial charge in [-0.2, -0.15) is 5.26 Å². The smallest absolute Gasteiger partial charge is 0.323 e. The number of nitrogens with zero attached hydrogens (tertiary/aromatic N) is 2. The first kappa shape index (κ1) is 18.0. The zero-order chi connectivity index (χ0) is 19.4. The van der Waals surface area contributed by atoms with Crippen LogP contribution in [0.1, 0.15) is 11.1 Å². The molecule has 6 nitrogen and oxygen atoms in total. The van der Waals surface area contributed by atoms with E-state index in [1.165, 1.54) is 6.08 Å². The molecule has 0 aliphatic heterocycles. The third kappa shape index (κ3) is 4.05. The Labute approximate surface area is 156 Å². The minimum atomic E-state index is -0.969. The van der Waals surface area contributed by atoms with Crippen LogP contribution in [0.3, 0.4) is 0 Å². The van der Waals surface area contributed by atoms with Gasteiger partial charge in [0.2, 0.25) is 0 Å². The van der Waals surface area contributed by atoms with E-state index in [9.17, 15) is 14.9 Å². The molecule has 1 amide bonds. The fourth-order valence-electron chi connectivity index (χ4n) is 2.81. The van der Waals surface area contributed by atoms with Crippen molar-refractivity contribution in [3.05, 3.63) is 71.4 Å². The molecule has 6 heteroatoms. The summed E-state index contributed by atoms with van der Waals surface area (Å²) in [4.78, 5) is 23.5. The number of hydrogen-bond acceptors (Lipinski definition) is 3. The van der Waals surface area contributed by atoms with E-state index >= 15 is 0 Å². The zero-order valence-corrected chi connectivity index (χ0v) is 14.6. The molecular weight excluding hydrogens is 342 g/mol. The lowest BCUT2D eigenvalue weighted by molar-refractivity contribution is -0.137. The number of fused-ring (bicyclic) bond motifs is 1. The number of aryl methyl sites for hydroxylation is 1. The molecule has 0 saturated carbocycles. The second-order valence-electron chi connectivity index (χ2n) is 6.11. The average molecular weight is 359 g/mol. The molecule has 0 saturated heterocycles. The first-order chi connectivity index (χ1) is 13.0. The molecule has 1 heterocycles. The Morgan fingerprint density at radius 2 is 1.89 bits per heavy atom. The van der Waals surface area contributed by atoms with E-state index in [0.29, 0.717) is 11.3 Å². The van der Waals surface area contributed by atoms with Crippen molar-refractivity contribution in [3.8, 4) is 6.07 Å². The Balaban J connectivity index is 1.95. The summed E-state index contributed by atoms with van der Waals surface area (Å²) in [7, 11) is 0. The molecule has 1 aromatic heterocycles. The highest BCUT2D eigenvalue weighted by molar-refractivity contribution is 6.10. The highest BCUT2D eigenvalue weighted by Gasteiger charge is 2.13. The molecule has 0 aliphatic rings. The predicted molar refractivity (Wildman–Crippen MR) is 103 cm³/mol. The number of hydrogen-bond donors (Lipinski definition) is 2. The Kier molecular flexibility index (Phi) is 5.04. The maximum absolute atomic E-state index is 12.5. The number of anilines is 1. The molecule has 0 spiro atoms. The van der Waals surface area contributed by atoms with Crippen molar-refractivity contribution in [2.24, 2.45) is 0 Å². The average Bonchev–Trinajstić information content (AvgIpc) is 2.98. The number of aliphatic carboxylic acids is 1. The van der Waals surface area contributed by atoms with E-state index in [1.807, 2.05) is 43.3 Å². The summed E-state index contributed by atoms with van der Waals surface area (Å²) in [6.45, 7) is 1.74. The monoisotopic (exact) mass is 359 g/mol. The summed E-state index contributed by atoms with van der Waals surface area (Å²) in [5.74, 6) is -1.49. The number of benzene rings is 2. The summed E-state index contributed by atoms with van der Waals surface area (Å²) >= 11 is 0. The number of rotatable bonds is 5. The Morgan fingerprint density at radius 1 is 1.19 bits per heavy atom. The van der Waals surface area contributed by atoms with Gasteiger partial charge < -0.3 is 15.0 Å². The topological polar surface area (TPSA) is 95.1 Å². The third-order valence-corrected chi connectivity index (χ3v) is 4.10. The molecule has 2 N–H and O–H groups in total. The zero-order valence-electron chi connectivity index (χ0n) is 14.6. The van der Waals surface area contributed by atoms with Crippen LogP contribution in [0.15, 0.2) is 60.3 Å². The number of aromatic nitrogens is 1. The fraction of sp³-hybridized carbons (Fsp3) is 0.0952. The van der Waals surface area contributed by atoms with Crippen LogP contribution < -0.4 is 5.32 Å². The van der Waals surface area contributed by atoms with Crippen LogP contribution in [-0.2, 0) is 16.1 Å². The van der Waals surface area contributed by atoms with Crippen molar-refractivity contribution in [2.75, 3.05) is 5.32 Å². The first-order valence-electron chi connectivity index (χ1n) is 8.27. The molecule has 3 aromatic rings. The highest BCUT2D eigenvalue weighted by Crippen LogP contribution is 2.24. The van der Waals surface area contributed by atoms with E-state index in [4.69, 9.17) is 5.11 Å². The Hall–Kier alpha value is -3.85. The molecule has 2 aromatic carbocycles. The van der Waals surface area contributed by atoms with Gasteiger partial charge in [0.25, 0.3) is 5.91 Å². The van der Waals surface area contributed by atoms with Crippen LogP contribution in [0.5, 0.6) is 0 Å². The van der Waals surface area contributed by atoms with Gasteiger partial charge >= 0.3 is 5.97 Å². The number of carboxylic acids is 1. The van der Waals surface area contributed by atoms with Gasteiger partial charge in [-0.3, -0.25) is 9.59 Å².